The SMILES string of the molecule is Cc1ccc(O)c(NC(=O)c2ccc(CCl)cc2)c1. The molecule has 2 aromatic rings. The summed E-state index contributed by atoms with van der Waals surface area (Å²) in [5, 5.41) is 12.4. The van der Waals surface area contributed by atoms with Crippen LogP contribution in [0.1, 0.15) is 21.5 Å². The number of hydrogen-bond donors (Lipinski definition) is 2. The van der Waals surface area contributed by atoms with Gasteiger partial charge in [-0.3, -0.25) is 4.79 Å². The molecule has 0 aliphatic rings. The Kier molecular flexibility index (Phi) is 4.07. The van der Waals surface area contributed by atoms with Gasteiger partial charge in [0.25, 0.3) is 5.91 Å². The summed E-state index contributed by atoms with van der Waals surface area (Å²) in [5.41, 5.74) is 2.85. The molecular weight excluding hydrogens is 262 g/mol. The summed E-state index contributed by atoms with van der Waals surface area (Å²) in [5.74, 6) is 0.207. The Hall–Kier alpha value is -2.00. The smallest absolute Gasteiger partial charge is 0.255 e. The van der Waals surface area contributed by atoms with Gasteiger partial charge in [-0.05, 0) is 42.3 Å². The van der Waals surface area contributed by atoms with E-state index in [9.17, 15) is 9.90 Å². The lowest BCUT2D eigenvalue weighted by Gasteiger charge is -2.08. The van der Waals surface area contributed by atoms with Gasteiger partial charge in [0.05, 0.1) is 5.69 Å². The van der Waals surface area contributed by atoms with Gasteiger partial charge in [-0.2, -0.15) is 0 Å². The maximum absolute atomic E-state index is 12.0. The van der Waals surface area contributed by atoms with Gasteiger partial charge in [0.15, 0.2) is 0 Å². The van der Waals surface area contributed by atoms with Crippen LogP contribution in [0.3, 0.4) is 0 Å². The molecule has 0 atom stereocenters. The van der Waals surface area contributed by atoms with E-state index < -0.39 is 0 Å². The molecule has 0 aliphatic heterocycles. The highest BCUT2D eigenvalue weighted by molar-refractivity contribution is 6.17. The molecule has 0 radical (unpaired) electrons. The first-order chi connectivity index (χ1) is 9.10. The lowest BCUT2D eigenvalue weighted by molar-refractivity contribution is 0.102. The van der Waals surface area contributed by atoms with Crippen molar-refractivity contribution in [2.24, 2.45) is 0 Å². The standard InChI is InChI=1S/C15H14ClNO2/c1-10-2-7-14(18)13(8-10)17-15(19)12-5-3-11(9-16)4-6-12/h2-8,18H,9H2,1H3,(H,17,19). The van der Waals surface area contributed by atoms with Gasteiger partial charge < -0.3 is 10.4 Å². The molecule has 4 heteroatoms. The Labute approximate surface area is 116 Å². The molecule has 0 fully saturated rings. The molecule has 1 amide bonds. The van der Waals surface area contributed by atoms with E-state index in [1.54, 1.807) is 42.5 Å². The molecule has 19 heavy (non-hydrogen) atoms. The Morgan fingerprint density at radius 1 is 1.21 bits per heavy atom. The highest BCUT2D eigenvalue weighted by Crippen LogP contribution is 2.24. The summed E-state index contributed by atoms with van der Waals surface area (Å²) >= 11 is 5.69. The van der Waals surface area contributed by atoms with Crippen LogP contribution >= 0.6 is 11.6 Å². The molecular formula is C15H14ClNO2. The first-order valence-electron chi connectivity index (χ1n) is 5.86. The quantitative estimate of drug-likeness (QED) is 0.663. The highest BCUT2D eigenvalue weighted by Gasteiger charge is 2.09. The molecule has 0 bridgehead atoms. The molecule has 2 rings (SSSR count). The van der Waals surface area contributed by atoms with Crippen molar-refractivity contribution in [3.63, 3.8) is 0 Å². The number of carbonyl (C=O) groups is 1. The average Bonchev–Trinajstić information content (AvgIpc) is 2.43. The van der Waals surface area contributed by atoms with Crippen molar-refractivity contribution in [2.45, 2.75) is 12.8 Å². The number of hydrogen-bond acceptors (Lipinski definition) is 2. The zero-order chi connectivity index (χ0) is 13.8. The largest absolute Gasteiger partial charge is 0.506 e. The fourth-order valence-electron chi connectivity index (χ4n) is 1.69. The van der Waals surface area contributed by atoms with Gasteiger partial charge in [0.2, 0.25) is 0 Å². The Bertz CT molecular complexity index is 594. The number of halogens is 1. The first kappa shape index (κ1) is 13.4. The van der Waals surface area contributed by atoms with E-state index in [-0.39, 0.29) is 11.7 Å². The second-order valence-corrected chi connectivity index (χ2v) is 4.57. The van der Waals surface area contributed by atoms with Crippen LogP contribution in [-0.2, 0) is 5.88 Å². The molecule has 0 saturated heterocycles. The number of amides is 1. The first-order valence-corrected chi connectivity index (χ1v) is 6.39. The summed E-state index contributed by atoms with van der Waals surface area (Å²) in [6, 6.07) is 12.1. The maximum atomic E-state index is 12.0. The number of phenols is 1. The normalized spacial score (nSPS) is 10.2. The van der Waals surface area contributed by atoms with Crippen molar-refractivity contribution < 1.29 is 9.90 Å². The topological polar surface area (TPSA) is 49.3 Å². The van der Waals surface area contributed by atoms with Gasteiger partial charge in [-0.25, -0.2) is 0 Å². The van der Waals surface area contributed by atoms with Crippen molar-refractivity contribution >= 4 is 23.2 Å². The summed E-state index contributed by atoms with van der Waals surface area (Å²) in [7, 11) is 0. The number of phenolic OH excluding ortho intramolecular Hbond substituents is 1. The minimum Gasteiger partial charge on any atom is -0.506 e. The zero-order valence-corrected chi connectivity index (χ0v) is 11.2. The third-order valence-corrected chi connectivity index (χ3v) is 3.08. The number of nitrogens with one attached hydrogen (secondary N) is 1. The summed E-state index contributed by atoms with van der Waals surface area (Å²) < 4.78 is 0. The number of aryl methyl sites for hydroxylation is 1. The lowest BCUT2D eigenvalue weighted by Crippen LogP contribution is -2.12. The van der Waals surface area contributed by atoms with Crippen LogP contribution in [0.4, 0.5) is 5.69 Å². The fraction of sp³-hybridized carbons (Fsp3) is 0.133. The molecule has 98 valence electrons. The molecule has 3 nitrogen and oxygen atoms in total. The number of aromatic hydroxyl groups is 1. The Morgan fingerprint density at radius 3 is 2.53 bits per heavy atom. The molecule has 0 aliphatic carbocycles. The predicted octanol–water partition coefficient (Wildman–Crippen LogP) is 3.69. The molecule has 0 aromatic heterocycles. The van der Waals surface area contributed by atoms with E-state index in [2.05, 4.69) is 5.32 Å². The molecule has 0 heterocycles. The van der Waals surface area contributed by atoms with E-state index in [0.29, 0.717) is 17.1 Å². The monoisotopic (exact) mass is 275 g/mol. The third kappa shape index (κ3) is 3.26. The Balaban J connectivity index is 2.18. The van der Waals surface area contributed by atoms with Crippen LogP contribution in [-0.4, -0.2) is 11.0 Å². The molecule has 0 spiro atoms. The minimum absolute atomic E-state index is 0.0522. The van der Waals surface area contributed by atoms with Crippen LogP contribution in [0.2, 0.25) is 0 Å². The van der Waals surface area contributed by atoms with Crippen molar-refractivity contribution in [3.8, 4) is 5.75 Å². The number of benzene rings is 2. The van der Waals surface area contributed by atoms with Crippen LogP contribution in [0.5, 0.6) is 5.75 Å². The summed E-state index contributed by atoms with van der Waals surface area (Å²) in [6.45, 7) is 1.89. The van der Waals surface area contributed by atoms with Gasteiger partial charge in [0.1, 0.15) is 5.75 Å². The van der Waals surface area contributed by atoms with Gasteiger partial charge in [0, 0.05) is 11.4 Å². The molecule has 0 saturated carbocycles. The van der Waals surface area contributed by atoms with E-state index in [0.717, 1.165) is 11.1 Å². The van der Waals surface area contributed by atoms with E-state index >= 15 is 0 Å². The Morgan fingerprint density at radius 2 is 1.89 bits per heavy atom. The van der Waals surface area contributed by atoms with Crippen molar-refractivity contribution in [1.29, 1.82) is 0 Å². The molecule has 2 aromatic carbocycles. The van der Waals surface area contributed by atoms with Crippen LogP contribution in [0.25, 0.3) is 0 Å². The number of anilines is 1. The second kappa shape index (κ2) is 5.76. The van der Waals surface area contributed by atoms with Crippen molar-refractivity contribution in [3.05, 3.63) is 59.2 Å². The fourth-order valence-corrected chi connectivity index (χ4v) is 1.87. The number of alkyl halides is 1. The highest BCUT2D eigenvalue weighted by atomic mass is 35.5. The molecule has 0 unspecified atom stereocenters. The zero-order valence-electron chi connectivity index (χ0n) is 10.5. The van der Waals surface area contributed by atoms with E-state index in [4.69, 9.17) is 11.6 Å². The third-order valence-electron chi connectivity index (χ3n) is 2.77. The average molecular weight is 276 g/mol. The van der Waals surface area contributed by atoms with Gasteiger partial charge in [-0.15, -0.1) is 11.6 Å². The van der Waals surface area contributed by atoms with Crippen LogP contribution in [0.15, 0.2) is 42.5 Å². The molecule has 2 N–H and O–H groups in total. The summed E-state index contributed by atoms with van der Waals surface area (Å²) in [6.07, 6.45) is 0. The van der Waals surface area contributed by atoms with E-state index in [1.807, 2.05) is 6.92 Å². The van der Waals surface area contributed by atoms with Gasteiger partial charge >= 0.3 is 0 Å². The second-order valence-electron chi connectivity index (χ2n) is 4.31. The number of rotatable bonds is 3. The summed E-state index contributed by atoms with van der Waals surface area (Å²) in [4.78, 5) is 12.0. The minimum atomic E-state index is -0.262. The van der Waals surface area contributed by atoms with Crippen LogP contribution < -0.4 is 5.32 Å². The van der Waals surface area contributed by atoms with Crippen molar-refractivity contribution in [1.82, 2.24) is 0 Å². The lowest BCUT2D eigenvalue weighted by atomic mass is 10.1. The predicted molar refractivity (Wildman–Crippen MR) is 76.8 cm³/mol. The van der Waals surface area contributed by atoms with Crippen molar-refractivity contribution in [2.75, 3.05) is 5.32 Å². The van der Waals surface area contributed by atoms with Crippen LogP contribution in [0, 0.1) is 6.92 Å². The van der Waals surface area contributed by atoms with Gasteiger partial charge in [-0.1, -0.05) is 18.2 Å². The number of carbonyl (C=O) groups excluding carboxylic acids is 1. The van der Waals surface area contributed by atoms with E-state index in [1.165, 1.54) is 0 Å². The maximum Gasteiger partial charge on any atom is 0.255 e.